The van der Waals surface area contributed by atoms with Crippen LogP contribution in [0.4, 0.5) is 5.69 Å². The highest BCUT2D eigenvalue weighted by atomic mass is 16.5. The summed E-state index contributed by atoms with van der Waals surface area (Å²) < 4.78 is 5.32. The maximum atomic E-state index is 12.6. The molecule has 1 heterocycles. The molecule has 1 aliphatic carbocycles. The van der Waals surface area contributed by atoms with Crippen LogP contribution in [0.15, 0.2) is 24.3 Å². The van der Waals surface area contributed by atoms with Gasteiger partial charge in [-0.25, -0.2) is 0 Å². The van der Waals surface area contributed by atoms with Gasteiger partial charge in [-0.15, -0.1) is 0 Å². The third-order valence-electron chi connectivity index (χ3n) is 5.59. The number of methoxy groups -OCH3 is 1. The Labute approximate surface area is 164 Å². The molecule has 8 nitrogen and oxygen atoms in total. The largest absolute Gasteiger partial charge is 0.495 e. The van der Waals surface area contributed by atoms with Crippen molar-refractivity contribution in [3.05, 3.63) is 24.3 Å². The summed E-state index contributed by atoms with van der Waals surface area (Å²) in [4.78, 5) is 39.5. The summed E-state index contributed by atoms with van der Waals surface area (Å²) in [6.07, 6.45) is 1.66. The lowest BCUT2D eigenvalue weighted by Crippen LogP contribution is -2.55. The van der Waals surface area contributed by atoms with Gasteiger partial charge in [0.25, 0.3) is 0 Å². The van der Waals surface area contributed by atoms with Crippen molar-refractivity contribution in [2.45, 2.75) is 38.3 Å². The van der Waals surface area contributed by atoms with E-state index >= 15 is 0 Å². The molecule has 2 N–H and O–H groups in total. The first-order valence-electron chi connectivity index (χ1n) is 9.62. The number of carboxylic acid groups (broad SMARTS) is 1. The molecule has 28 heavy (non-hydrogen) atoms. The second-order valence-electron chi connectivity index (χ2n) is 7.36. The topological polar surface area (TPSA) is 99.2 Å². The van der Waals surface area contributed by atoms with E-state index in [1.54, 1.807) is 18.1 Å². The molecule has 1 saturated carbocycles. The Morgan fingerprint density at radius 1 is 1.32 bits per heavy atom. The van der Waals surface area contributed by atoms with Crippen molar-refractivity contribution in [2.75, 3.05) is 31.6 Å². The van der Waals surface area contributed by atoms with Crippen molar-refractivity contribution >= 4 is 23.5 Å². The van der Waals surface area contributed by atoms with Crippen LogP contribution in [-0.4, -0.2) is 66.6 Å². The number of rotatable bonds is 8. The van der Waals surface area contributed by atoms with Gasteiger partial charge >= 0.3 is 5.97 Å². The summed E-state index contributed by atoms with van der Waals surface area (Å²) in [5.74, 6) is -0.824. The smallest absolute Gasteiger partial charge is 0.317 e. The number of anilines is 1. The fourth-order valence-corrected chi connectivity index (χ4v) is 3.96. The molecule has 1 aromatic carbocycles. The van der Waals surface area contributed by atoms with Gasteiger partial charge in [-0.2, -0.15) is 0 Å². The van der Waals surface area contributed by atoms with Crippen molar-refractivity contribution in [2.24, 2.45) is 5.92 Å². The number of amides is 2. The number of hydrogen-bond donors (Lipinski definition) is 2. The second-order valence-corrected chi connectivity index (χ2v) is 7.36. The minimum Gasteiger partial charge on any atom is -0.495 e. The Bertz CT molecular complexity index is 747. The van der Waals surface area contributed by atoms with E-state index in [9.17, 15) is 14.4 Å². The maximum Gasteiger partial charge on any atom is 0.317 e. The number of nitrogens with one attached hydrogen (secondary N) is 1. The number of para-hydroxylation sites is 2. The number of aliphatic carboxylic acids is 1. The molecule has 152 valence electrons. The summed E-state index contributed by atoms with van der Waals surface area (Å²) in [6, 6.07) is 7.50. The zero-order chi connectivity index (χ0) is 20.3. The van der Waals surface area contributed by atoms with E-state index in [4.69, 9.17) is 9.84 Å². The fourth-order valence-electron chi connectivity index (χ4n) is 3.96. The molecule has 3 rings (SSSR count). The minimum atomic E-state index is -0.838. The van der Waals surface area contributed by atoms with E-state index in [0.717, 1.165) is 12.8 Å². The normalized spacial score (nSPS) is 24.2. The van der Waals surface area contributed by atoms with E-state index in [1.807, 2.05) is 30.0 Å². The van der Waals surface area contributed by atoms with Crippen LogP contribution >= 0.6 is 0 Å². The van der Waals surface area contributed by atoms with Crippen LogP contribution in [0.3, 0.4) is 0 Å². The van der Waals surface area contributed by atoms with Gasteiger partial charge in [0.15, 0.2) is 0 Å². The van der Waals surface area contributed by atoms with E-state index in [1.165, 1.54) is 0 Å². The van der Waals surface area contributed by atoms with Gasteiger partial charge in [0.05, 0.1) is 25.3 Å². The summed E-state index contributed by atoms with van der Waals surface area (Å²) in [5.41, 5.74) is 0.682. The molecule has 1 atom stereocenters. The SMILES string of the molecule is CCN(CC(=O)O)C1CC(NC(=O)C2CC(=O)N(c3ccccc3OC)C2)C1. The maximum absolute atomic E-state index is 12.6. The quantitative estimate of drug-likeness (QED) is 0.691. The molecule has 2 aliphatic rings. The Morgan fingerprint density at radius 3 is 2.68 bits per heavy atom. The molecule has 2 amide bonds. The van der Waals surface area contributed by atoms with E-state index < -0.39 is 11.9 Å². The van der Waals surface area contributed by atoms with Gasteiger partial charge in [0, 0.05) is 25.0 Å². The Morgan fingerprint density at radius 2 is 2.04 bits per heavy atom. The van der Waals surface area contributed by atoms with Gasteiger partial charge in [0.2, 0.25) is 11.8 Å². The van der Waals surface area contributed by atoms with Crippen molar-refractivity contribution in [3.8, 4) is 5.75 Å². The molecule has 2 fully saturated rings. The van der Waals surface area contributed by atoms with Crippen molar-refractivity contribution in [1.29, 1.82) is 0 Å². The third kappa shape index (κ3) is 4.27. The van der Waals surface area contributed by atoms with Crippen LogP contribution < -0.4 is 15.0 Å². The molecule has 0 radical (unpaired) electrons. The highest BCUT2D eigenvalue weighted by Crippen LogP contribution is 2.33. The summed E-state index contributed by atoms with van der Waals surface area (Å²) in [7, 11) is 1.56. The Balaban J connectivity index is 1.53. The van der Waals surface area contributed by atoms with Crippen molar-refractivity contribution in [1.82, 2.24) is 10.2 Å². The second kappa shape index (κ2) is 8.60. The summed E-state index contributed by atoms with van der Waals surface area (Å²) >= 11 is 0. The number of carbonyl (C=O) groups excluding carboxylic acids is 2. The van der Waals surface area contributed by atoms with Crippen LogP contribution in [0, 0.1) is 5.92 Å². The number of benzene rings is 1. The van der Waals surface area contributed by atoms with Crippen LogP contribution in [0.2, 0.25) is 0 Å². The highest BCUT2D eigenvalue weighted by Gasteiger charge is 2.39. The molecule has 0 bridgehead atoms. The monoisotopic (exact) mass is 389 g/mol. The third-order valence-corrected chi connectivity index (χ3v) is 5.59. The molecular weight excluding hydrogens is 362 g/mol. The molecule has 0 spiro atoms. The molecule has 1 unspecified atom stereocenters. The number of nitrogens with zero attached hydrogens (tertiary/aromatic N) is 2. The molecule has 1 aliphatic heterocycles. The summed E-state index contributed by atoms with van der Waals surface area (Å²) in [5, 5.41) is 12.0. The molecule has 1 saturated heterocycles. The highest BCUT2D eigenvalue weighted by molar-refractivity contribution is 6.01. The van der Waals surface area contributed by atoms with E-state index in [-0.39, 0.29) is 36.9 Å². The average Bonchev–Trinajstić information content (AvgIpc) is 3.04. The first kappa shape index (κ1) is 20.1. The first-order chi connectivity index (χ1) is 13.4. The summed E-state index contributed by atoms with van der Waals surface area (Å²) in [6.45, 7) is 2.96. The van der Waals surface area contributed by atoms with Gasteiger partial charge in [-0.05, 0) is 31.5 Å². The predicted molar refractivity (Wildman–Crippen MR) is 103 cm³/mol. The van der Waals surface area contributed by atoms with Crippen LogP contribution in [0.1, 0.15) is 26.2 Å². The van der Waals surface area contributed by atoms with Gasteiger partial charge in [-0.1, -0.05) is 19.1 Å². The zero-order valence-electron chi connectivity index (χ0n) is 16.3. The lowest BCUT2D eigenvalue weighted by Gasteiger charge is -2.42. The van der Waals surface area contributed by atoms with E-state index in [2.05, 4.69) is 5.32 Å². The molecule has 1 aromatic rings. The number of carboxylic acids is 1. The molecular formula is C20H27N3O5. The predicted octanol–water partition coefficient (Wildman–Crippen LogP) is 1.10. The standard InChI is InChI=1S/C20H27N3O5/c1-3-22(12-19(25)26)15-9-14(10-15)21-20(27)13-8-18(24)23(11-13)16-6-4-5-7-17(16)28-2/h4-7,13-15H,3,8-12H2,1-2H3,(H,21,27)(H,25,26). The number of ether oxygens (including phenoxy) is 1. The van der Waals surface area contributed by atoms with Gasteiger partial charge in [0.1, 0.15) is 5.75 Å². The number of hydrogen-bond acceptors (Lipinski definition) is 5. The Kier molecular flexibility index (Phi) is 6.18. The average molecular weight is 389 g/mol. The lowest BCUT2D eigenvalue weighted by atomic mass is 9.85. The van der Waals surface area contributed by atoms with Crippen LogP contribution in [-0.2, 0) is 14.4 Å². The van der Waals surface area contributed by atoms with Crippen molar-refractivity contribution in [3.63, 3.8) is 0 Å². The van der Waals surface area contributed by atoms with Gasteiger partial charge < -0.3 is 20.1 Å². The zero-order valence-corrected chi connectivity index (χ0v) is 16.3. The Hall–Kier alpha value is -2.61. The number of carbonyl (C=O) groups is 3. The van der Waals surface area contributed by atoms with Crippen LogP contribution in [0.25, 0.3) is 0 Å². The fraction of sp³-hybridized carbons (Fsp3) is 0.550. The first-order valence-corrected chi connectivity index (χ1v) is 9.62. The van der Waals surface area contributed by atoms with E-state index in [0.29, 0.717) is 24.5 Å². The minimum absolute atomic E-state index is 0.0207. The number of likely N-dealkylation sites (N-methyl/N-ethyl adjacent to an activating group) is 1. The molecule has 0 aromatic heterocycles. The molecule has 8 heteroatoms. The van der Waals surface area contributed by atoms with Gasteiger partial charge in [-0.3, -0.25) is 19.3 Å². The van der Waals surface area contributed by atoms with Crippen molar-refractivity contribution < 1.29 is 24.2 Å². The van der Waals surface area contributed by atoms with Crippen LogP contribution in [0.5, 0.6) is 5.75 Å². The lowest BCUT2D eigenvalue weighted by molar-refractivity contribution is -0.140.